The summed E-state index contributed by atoms with van der Waals surface area (Å²) >= 11 is 1.54. The second-order valence-electron chi connectivity index (χ2n) is 4.71. The number of aliphatic hydroxyl groups excluding tert-OH is 1. The van der Waals surface area contributed by atoms with Gasteiger partial charge in [0.2, 0.25) is 5.91 Å². The predicted octanol–water partition coefficient (Wildman–Crippen LogP) is 2.18. The number of thiazole rings is 1. The lowest BCUT2D eigenvalue weighted by molar-refractivity contribution is -0.116. The van der Waals surface area contributed by atoms with Crippen molar-refractivity contribution in [3.8, 4) is 0 Å². The van der Waals surface area contributed by atoms with Crippen LogP contribution in [0, 0.1) is 6.92 Å². The maximum atomic E-state index is 11.6. The summed E-state index contributed by atoms with van der Waals surface area (Å²) in [6.45, 7) is 2.15. The molecule has 0 fully saturated rings. The van der Waals surface area contributed by atoms with E-state index in [2.05, 4.69) is 10.3 Å². The second-order valence-corrected chi connectivity index (χ2v) is 5.78. The monoisotopic (exact) mass is 302 g/mol. The van der Waals surface area contributed by atoms with Crippen LogP contribution in [0.3, 0.4) is 0 Å². The molecule has 0 radical (unpaired) electrons. The summed E-state index contributed by atoms with van der Waals surface area (Å²) in [6, 6.07) is 9.70. The molecule has 0 bridgehead atoms. The van der Waals surface area contributed by atoms with Gasteiger partial charge in [0.1, 0.15) is 0 Å². The van der Waals surface area contributed by atoms with Gasteiger partial charge in [-0.2, -0.15) is 0 Å². The molecule has 0 saturated heterocycles. The molecule has 1 aromatic carbocycles. The zero-order chi connectivity index (χ0) is 15.1. The number of benzene rings is 1. The summed E-state index contributed by atoms with van der Waals surface area (Å²) in [5.74, 6) is -0.229. The molecule has 2 rings (SSSR count). The lowest BCUT2D eigenvalue weighted by Crippen LogP contribution is -2.32. The van der Waals surface area contributed by atoms with Crippen molar-refractivity contribution in [3.05, 3.63) is 58.1 Å². The standard InChI is InChI=1S/C16H18N2O2S/c1-12-18-14(11-21-12)7-8-16(20)17-10-15(19)9-13-5-3-2-4-6-13/h2-8,11,15,19H,9-10H2,1H3,(H,17,20)/b8-7+. The second kappa shape index (κ2) is 7.71. The van der Waals surface area contributed by atoms with Gasteiger partial charge in [0.05, 0.1) is 16.8 Å². The smallest absolute Gasteiger partial charge is 0.244 e. The molecule has 2 aromatic rings. The van der Waals surface area contributed by atoms with Gasteiger partial charge in [0.25, 0.3) is 0 Å². The number of aryl methyl sites for hydroxylation is 1. The molecule has 21 heavy (non-hydrogen) atoms. The van der Waals surface area contributed by atoms with E-state index in [1.165, 1.54) is 6.08 Å². The highest BCUT2D eigenvalue weighted by molar-refractivity contribution is 7.09. The summed E-state index contributed by atoms with van der Waals surface area (Å²) in [6.07, 6.45) is 3.04. The maximum Gasteiger partial charge on any atom is 0.244 e. The molecule has 5 heteroatoms. The van der Waals surface area contributed by atoms with Gasteiger partial charge in [0, 0.05) is 24.4 Å². The first-order valence-corrected chi connectivity index (χ1v) is 7.61. The summed E-state index contributed by atoms with van der Waals surface area (Å²) < 4.78 is 0. The van der Waals surface area contributed by atoms with E-state index in [1.807, 2.05) is 42.6 Å². The Labute approximate surface area is 128 Å². The molecule has 1 aromatic heterocycles. The van der Waals surface area contributed by atoms with Crippen molar-refractivity contribution in [2.75, 3.05) is 6.54 Å². The minimum absolute atomic E-state index is 0.229. The van der Waals surface area contributed by atoms with Gasteiger partial charge in [-0.15, -0.1) is 11.3 Å². The molecule has 1 unspecified atom stereocenters. The Bertz CT molecular complexity index is 608. The Morgan fingerprint density at radius 1 is 1.43 bits per heavy atom. The van der Waals surface area contributed by atoms with Crippen molar-refractivity contribution in [2.24, 2.45) is 0 Å². The van der Waals surface area contributed by atoms with E-state index in [0.717, 1.165) is 16.3 Å². The molecule has 0 aliphatic carbocycles. The van der Waals surface area contributed by atoms with Crippen LogP contribution in [0.25, 0.3) is 6.08 Å². The first kappa shape index (κ1) is 15.4. The summed E-state index contributed by atoms with van der Waals surface area (Å²) in [7, 11) is 0. The van der Waals surface area contributed by atoms with Gasteiger partial charge in [-0.25, -0.2) is 4.98 Å². The summed E-state index contributed by atoms with van der Waals surface area (Å²) in [5, 5.41) is 15.4. The highest BCUT2D eigenvalue weighted by atomic mass is 32.1. The quantitative estimate of drug-likeness (QED) is 0.804. The van der Waals surface area contributed by atoms with Crippen LogP contribution < -0.4 is 5.32 Å². The average Bonchev–Trinajstić information content (AvgIpc) is 2.90. The van der Waals surface area contributed by atoms with E-state index in [0.29, 0.717) is 6.42 Å². The molecule has 1 heterocycles. The first-order chi connectivity index (χ1) is 10.1. The normalized spacial score (nSPS) is 12.5. The van der Waals surface area contributed by atoms with Crippen molar-refractivity contribution in [3.63, 3.8) is 0 Å². The van der Waals surface area contributed by atoms with Crippen LogP contribution in [0.5, 0.6) is 0 Å². The van der Waals surface area contributed by atoms with Gasteiger partial charge < -0.3 is 10.4 Å². The number of nitrogens with zero attached hydrogens (tertiary/aromatic N) is 1. The van der Waals surface area contributed by atoms with Crippen LogP contribution >= 0.6 is 11.3 Å². The average molecular weight is 302 g/mol. The van der Waals surface area contributed by atoms with E-state index in [4.69, 9.17) is 0 Å². The van der Waals surface area contributed by atoms with E-state index in [9.17, 15) is 9.90 Å². The fraction of sp³-hybridized carbons (Fsp3) is 0.250. The molecule has 1 atom stereocenters. The lowest BCUT2D eigenvalue weighted by Gasteiger charge is -2.10. The summed E-state index contributed by atoms with van der Waals surface area (Å²) in [4.78, 5) is 15.9. The maximum absolute atomic E-state index is 11.6. The van der Waals surface area contributed by atoms with Gasteiger partial charge >= 0.3 is 0 Å². The van der Waals surface area contributed by atoms with Crippen LogP contribution in [0.15, 0.2) is 41.8 Å². The minimum atomic E-state index is -0.591. The van der Waals surface area contributed by atoms with Crippen LogP contribution in [0.1, 0.15) is 16.3 Å². The number of hydrogen-bond donors (Lipinski definition) is 2. The number of carbonyl (C=O) groups excluding carboxylic acids is 1. The number of nitrogens with one attached hydrogen (secondary N) is 1. The van der Waals surface area contributed by atoms with Crippen LogP contribution in [0.2, 0.25) is 0 Å². The number of aromatic nitrogens is 1. The number of carbonyl (C=O) groups is 1. The molecular formula is C16H18N2O2S. The molecule has 1 amide bonds. The van der Waals surface area contributed by atoms with Crippen molar-refractivity contribution >= 4 is 23.3 Å². The van der Waals surface area contributed by atoms with Crippen LogP contribution in [-0.2, 0) is 11.2 Å². The Hall–Kier alpha value is -1.98. The topological polar surface area (TPSA) is 62.2 Å². The molecule has 0 spiro atoms. The van der Waals surface area contributed by atoms with E-state index in [1.54, 1.807) is 17.4 Å². The SMILES string of the molecule is Cc1nc(/C=C/C(=O)NCC(O)Cc2ccccc2)cs1. The van der Waals surface area contributed by atoms with Crippen LogP contribution in [-0.4, -0.2) is 28.6 Å². The Morgan fingerprint density at radius 3 is 2.86 bits per heavy atom. The van der Waals surface area contributed by atoms with Crippen molar-refractivity contribution in [2.45, 2.75) is 19.4 Å². The fourth-order valence-corrected chi connectivity index (χ4v) is 2.43. The Balaban J connectivity index is 1.74. The molecule has 4 nitrogen and oxygen atoms in total. The predicted molar refractivity (Wildman–Crippen MR) is 85.0 cm³/mol. The van der Waals surface area contributed by atoms with Gasteiger partial charge in [0.15, 0.2) is 0 Å². The van der Waals surface area contributed by atoms with Crippen molar-refractivity contribution < 1.29 is 9.90 Å². The number of hydrogen-bond acceptors (Lipinski definition) is 4. The lowest BCUT2D eigenvalue weighted by atomic mass is 10.1. The molecular weight excluding hydrogens is 284 g/mol. The third kappa shape index (κ3) is 5.49. The number of amides is 1. The summed E-state index contributed by atoms with van der Waals surface area (Å²) in [5.41, 5.74) is 1.82. The Morgan fingerprint density at radius 2 is 2.19 bits per heavy atom. The molecule has 0 saturated carbocycles. The number of rotatable bonds is 6. The zero-order valence-electron chi connectivity index (χ0n) is 11.8. The molecule has 0 aliphatic rings. The third-order valence-electron chi connectivity index (χ3n) is 2.87. The largest absolute Gasteiger partial charge is 0.391 e. The fourth-order valence-electron chi connectivity index (χ4n) is 1.85. The molecule has 0 aliphatic heterocycles. The Kier molecular flexibility index (Phi) is 5.66. The zero-order valence-corrected chi connectivity index (χ0v) is 12.6. The van der Waals surface area contributed by atoms with Crippen molar-refractivity contribution in [1.29, 1.82) is 0 Å². The van der Waals surface area contributed by atoms with Gasteiger partial charge in [-0.05, 0) is 18.6 Å². The van der Waals surface area contributed by atoms with Crippen LogP contribution in [0.4, 0.5) is 0 Å². The van der Waals surface area contributed by atoms with E-state index >= 15 is 0 Å². The van der Waals surface area contributed by atoms with E-state index in [-0.39, 0.29) is 12.5 Å². The third-order valence-corrected chi connectivity index (χ3v) is 3.66. The van der Waals surface area contributed by atoms with Gasteiger partial charge in [-0.3, -0.25) is 4.79 Å². The first-order valence-electron chi connectivity index (χ1n) is 6.73. The number of aliphatic hydroxyl groups is 1. The highest BCUT2D eigenvalue weighted by Crippen LogP contribution is 2.09. The highest BCUT2D eigenvalue weighted by Gasteiger charge is 2.06. The van der Waals surface area contributed by atoms with E-state index < -0.39 is 6.10 Å². The molecule has 2 N–H and O–H groups in total. The molecule has 110 valence electrons. The van der Waals surface area contributed by atoms with Crippen molar-refractivity contribution in [1.82, 2.24) is 10.3 Å². The minimum Gasteiger partial charge on any atom is -0.391 e. The van der Waals surface area contributed by atoms with Gasteiger partial charge in [-0.1, -0.05) is 30.3 Å².